The number of halogens is 4. The highest BCUT2D eigenvalue weighted by Gasteiger charge is 2.28. The predicted molar refractivity (Wildman–Crippen MR) is 40.5 cm³/mol. The van der Waals surface area contributed by atoms with Crippen LogP contribution in [-0.4, -0.2) is 17.8 Å². The molecule has 3 nitrogen and oxygen atoms in total. The van der Waals surface area contributed by atoms with Gasteiger partial charge in [0.05, 0.1) is 6.20 Å². The summed E-state index contributed by atoms with van der Waals surface area (Å²) >= 11 is 0. The summed E-state index contributed by atoms with van der Waals surface area (Å²) in [6.45, 7) is -1.53. The molecule has 0 fully saturated rings. The molecule has 0 aliphatic carbocycles. The lowest BCUT2D eigenvalue weighted by molar-refractivity contribution is -0.153. The quantitative estimate of drug-likeness (QED) is 0.716. The topological polar surface area (TPSA) is 45.9 Å². The minimum atomic E-state index is -4.50. The van der Waals surface area contributed by atoms with Crippen LogP contribution in [0.5, 0.6) is 5.75 Å². The summed E-state index contributed by atoms with van der Waals surface area (Å²) in [7, 11) is 0. The van der Waals surface area contributed by atoms with E-state index in [1.54, 1.807) is 0 Å². The molecule has 0 unspecified atom stereocenters. The molecule has 15 heavy (non-hydrogen) atoms. The van der Waals surface area contributed by atoms with Crippen LogP contribution in [0.15, 0.2) is 12.3 Å². The molecule has 7 heteroatoms. The second kappa shape index (κ2) is 4.13. The van der Waals surface area contributed by atoms with Gasteiger partial charge in [0.25, 0.3) is 0 Å². The summed E-state index contributed by atoms with van der Waals surface area (Å²) in [5, 5.41) is 8.30. The number of nitrogens with zero attached hydrogens (tertiary/aromatic N) is 2. The predicted octanol–water partition coefficient (Wildman–Crippen LogP) is 2.03. The Morgan fingerprint density at radius 3 is 2.60 bits per heavy atom. The van der Waals surface area contributed by atoms with Gasteiger partial charge in [-0.3, -0.25) is 0 Å². The highest BCUT2D eigenvalue weighted by Crippen LogP contribution is 2.19. The zero-order valence-electron chi connectivity index (χ0n) is 7.18. The normalized spacial score (nSPS) is 10.9. The Morgan fingerprint density at radius 1 is 1.47 bits per heavy atom. The molecule has 0 aliphatic heterocycles. The van der Waals surface area contributed by atoms with Gasteiger partial charge in [-0.25, -0.2) is 9.37 Å². The van der Waals surface area contributed by atoms with E-state index in [0.717, 1.165) is 6.20 Å². The lowest BCUT2D eigenvalue weighted by Crippen LogP contribution is -2.19. The molecule has 0 saturated carbocycles. The van der Waals surface area contributed by atoms with Crippen LogP contribution in [0.4, 0.5) is 17.6 Å². The Balaban J connectivity index is 2.73. The van der Waals surface area contributed by atoms with E-state index in [1.807, 2.05) is 0 Å². The standard InChI is InChI=1S/C8H4F4N2O/c9-6-1-5(3-14-7(6)2-13)15-4-8(10,11)12/h1,3H,4H2. The van der Waals surface area contributed by atoms with E-state index < -0.39 is 24.3 Å². The Morgan fingerprint density at radius 2 is 2.13 bits per heavy atom. The van der Waals surface area contributed by atoms with Gasteiger partial charge in [-0.05, 0) is 0 Å². The summed E-state index contributed by atoms with van der Waals surface area (Å²) in [5.74, 6) is -1.39. The van der Waals surface area contributed by atoms with Crippen LogP contribution >= 0.6 is 0 Å². The number of aromatic nitrogens is 1. The van der Waals surface area contributed by atoms with Crippen LogP contribution in [0, 0.1) is 17.1 Å². The first kappa shape index (κ1) is 11.2. The van der Waals surface area contributed by atoms with Crippen molar-refractivity contribution in [1.29, 1.82) is 5.26 Å². The van der Waals surface area contributed by atoms with Crippen LogP contribution in [0.2, 0.25) is 0 Å². The van der Waals surface area contributed by atoms with Crippen molar-refractivity contribution in [1.82, 2.24) is 4.98 Å². The average Bonchev–Trinajstić information content (AvgIpc) is 2.14. The maximum atomic E-state index is 12.8. The maximum absolute atomic E-state index is 12.8. The first-order chi connectivity index (χ1) is 6.92. The number of hydrogen-bond donors (Lipinski definition) is 0. The number of hydrogen-bond acceptors (Lipinski definition) is 3. The maximum Gasteiger partial charge on any atom is 0.422 e. The fourth-order valence-corrected chi connectivity index (χ4v) is 0.747. The zero-order valence-corrected chi connectivity index (χ0v) is 7.18. The number of rotatable bonds is 2. The highest BCUT2D eigenvalue weighted by molar-refractivity contribution is 5.28. The van der Waals surface area contributed by atoms with E-state index in [9.17, 15) is 17.6 Å². The minimum Gasteiger partial charge on any atom is -0.482 e. The summed E-state index contributed by atoms with van der Waals surface area (Å²) in [5.41, 5.74) is -0.491. The van der Waals surface area contributed by atoms with E-state index in [2.05, 4.69) is 9.72 Å². The third kappa shape index (κ3) is 3.42. The van der Waals surface area contributed by atoms with Crippen LogP contribution in [0.3, 0.4) is 0 Å². The summed E-state index contributed by atoms with van der Waals surface area (Å²) < 4.78 is 52.1. The number of pyridine rings is 1. The number of alkyl halides is 3. The Bertz CT molecular complexity index is 397. The summed E-state index contributed by atoms with van der Waals surface area (Å²) in [6.07, 6.45) is -3.64. The van der Waals surface area contributed by atoms with Crippen LogP contribution in [0.1, 0.15) is 5.69 Å². The number of nitriles is 1. The molecule has 0 spiro atoms. The molecular weight excluding hydrogens is 216 g/mol. The van der Waals surface area contributed by atoms with Gasteiger partial charge in [-0.15, -0.1) is 0 Å². The first-order valence-corrected chi connectivity index (χ1v) is 3.67. The summed E-state index contributed by atoms with van der Waals surface area (Å²) in [6, 6.07) is 2.11. The monoisotopic (exact) mass is 220 g/mol. The number of ether oxygens (including phenoxy) is 1. The van der Waals surface area contributed by atoms with Crippen LogP contribution < -0.4 is 4.74 Å². The molecule has 80 valence electrons. The fraction of sp³-hybridized carbons (Fsp3) is 0.250. The molecule has 0 N–H and O–H groups in total. The Labute approximate surface area is 81.9 Å². The molecule has 0 aromatic carbocycles. The van der Waals surface area contributed by atoms with Crippen molar-refractivity contribution in [2.45, 2.75) is 6.18 Å². The molecule has 0 atom stereocenters. The molecule has 0 saturated heterocycles. The van der Waals surface area contributed by atoms with Gasteiger partial charge in [-0.1, -0.05) is 0 Å². The van der Waals surface area contributed by atoms with E-state index in [-0.39, 0.29) is 5.75 Å². The van der Waals surface area contributed by atoms with E-state index in [0.29, 0.717) is 6.07 Å². The van der Waals surface area contributed by atoms with Gasteiger partial charge < -0.3 is 4.74 Å². The molecular formula is C8H4F4N2O. The van der Waals surface area contributed by atoms with Crippen LogP contribution in [-0.2, 0) is 0 Å². The van der Waals surface area contributed by atoms with Crippen molar-refractivity contribution in [2.24, 2.45) is 0 Å². The lowest BCUT2D eigenvalue weighted by atomic mass is 10.3. The molecule has 1 aromatic heterocycles. The van der Waals surface area contributed by atoms with Crippen molar-refractivity contribution in [3.63, 3.8) is 0 Å². The third-order valence-corrected chi connectivity index (χ3v) is 1.32. The van der Waals surface area contributed by atoms with Crippen LogP contribution in [0.25, 0.3) is 0 Å². The Kier molecular flexibility index (Phi) is 3.09. The van der Waals surface area contributed by atoms with Crippen molar-refractivity contribution in [3.8, 4) is 11.8 Å². The highest BCUT2D eigenvalue weighted by atomic mass is 19.4. The van der Waals surface area contributed by atoms with Gasteiger partial charge in [0.15, 0.2) is 18.1 Å². The van der Waals surface area contributed by atoms with E-state index in [1.165, 1.54) is 6.07 Å². The molecule has 0 radical (unpaired) electrons. The summed E-state index contributed by atoms with van der Waals surface area (Å²) in [4.78, 5) is 3.27. The molecule has 0 amide bonds. The third-order valence-electron chi connectivity index (χ3n) is 1.32. The van der Waals surface area contributed by atoms with Gasteiger partial charge in [0, 0.05) is 6.07 Å². The smallest absolute Gasteiger partial charge is 0.422 e. The zero-order chi connectivity index (χ0) is 11.5. The second-order valence-corrected chi connectivity index (χ2v) is 2.52. The van der Waals surface area contributed by atoms with Crippen molar-refractivity contribution in [2.75, 3.05) is 6.61 Å². The first-order valence-electron chi connectivity index (χ1n) is 3.67. The molecule has 0 aliphatic rings. The molecule has 1 rings (SSSR count). The SMILES string of the molecule is N#Cc1ncc(OCC(F)(F)F)cc1F. The lowest BCUT2D eigenvalue weighted by Gasteiger charge is -2.08. The van der Waals surface area contributed by atoms with Gasteiger partial charge in [-0.2, -0.15) is 18.4 Å². The van der Waals surface area contributed by atoms with Crippen molar-refractivity contribution in [3.05, 3.63) is 23.8 Å². The van der Waals surface area contributed by atoms with Gasteiger partial charge in [0.1, 0.15) is 11.8 Å². The Hall–Kier alpha value is -1.84. The molecule has 1 aromatic rings. The van der Waals surface area contributed by atoms with E-state index >= 15 is 0 Å². The largest absolute Gasteiger partial charge is 0.482 e. The van der Waals surface area contributed by atoms with Gasteiger partial charge in [0.2, 0.25) is 0 Å². The van der Waals surface area contributed by atoms with Gasteiger partial charge >= 0.3 is 6.18 Å². The average molecular weight is 220 g/mol. The van der Waals surface area contributed by atoms with E-state index in [4.69, 9.17) is 5.26 Å². The molecule has 0 bridgehead atoms. The van der Waals surface area contributed by atoms with Crippen molar-refractivity contribution < 1.29 is 22.3 Å². The minimum absolute atomic E-state index is 0.371. The van der Waals surface area contributed by atoms with Crippen molar-refractivity contribution >= 4 is 0 Å². The second-order valence-electron chi connectivity index (χ2n) is 2.52. The molecule has 1 heterocycles. The fourth-order valence-electron chi connectivity index (χ4n) is 0.747.